The highest BCUT2D eigenvalue weighted by Crippen LogP contribution is 2.06. The van der Waals surface area contributed by atoms with E-state index >= 15 is 0 Å². The van der Waals surface area contributed by atoms with Gasteiger partial charge in [0.1, 0.15) is 0 Å². The molecule has 0 aromatic heterocycles. The van der Waals surface area contributed by atoms with Crippen molar-refractivity contribution in [1.29, 1.82) is 0 Å². The Balaban J connectivity index is 0. The Morgan fingerprint density at radius 3 is 2.25 bits per heavy atom. The van der Waals surface area contributed by atoms with Crippen LogP contribution in [0.1, 0.15) is 33.6 Å². The lowest BCUT2D eigenvalue weighted by Crippen LogP contribution is -2.03. The van der Waals surface area contributed by atoms with Gasteiger partial charge < -0.3 is 0 Å². The van der Waals surface area contributed by atoms with Gasteiger partial charge in [-0.05, 0) is 33.6 Å². The largest absolute Gasteiger partial charge is 0.397 e. The van der Waals surface area contributed by atoms with E-state index in [-0.39, 0.29) is 19.0 Å². The maximum absolute atomic E-state index is 10.2. The summed E-state index contributed by atoms with van der Waals surface area (Å²) in [7, 11) is -4.31. The Morgan fingerprint density at radius 1 is 1.25 bits per heavy atom. The highest BCUT2D eigenvalue weighted by molar-refractivity contribution is 7.80. The summed E-state index contributed by atoms with van der Waals surface area (Å²) in [6.07, 6.45) is 5.55. The molecule has 0 rings (SSSR count). The van der Waals surface area contributed by atoms with E-state index in [4.69, 9.17) is 4.55 Å². The first-order chi connectivity index (χ1) is 6.81. The van der Waals surface area contributed by atoms with Gasteiger partial charge in [0, 0.05) is 0 Å². The molecule has 16 heavy (non-hydrogen) atoms. The summed E-state index contributed by atoms with van der Waals surface area (Å²) in [5.74, 6) is 0. The number of allylic oxidation sites excluding steroid dienone is 3. The van der Waals surface area contributed by atoms with Crippen LogP contribution < -0.4 is 0 Å². The van der Waals surface area contributed by atoms with Gasteiger partial charge in [0.25, 0.3) is 0 Å². The normalized spacial score (nSPS) is 11.9. The molecular weight excluding hydrogens is 252 g/mol. The molecule has 0 aliphatic heterocycles. The Hall–Kier alpha value is -0.360. The molecule has 0 aliphatic rings. The minimum absolute atomic E-state index is 0. The second-order valence-electron chi connectivity index (χ2n) is 3.58. The fourth-order valence-corrected chi connectivity index (χ4v) is 1.19. The van der Waals surface area contributed by atoms with E-state index in [0.29, 0.717) is 0 Å². The molecule has 0 heterocycles. The summed E-state index contributed by atoms with van der Waals surface area (Å²) in [6.45, 7) is 5.84. The van der Waals surface area contributed by atoms with Crippen LogP contribution in [0.2, 0.25) is 0 Å². The molecule has 0 saturated heterocycles. The minimum atomic E-state index is -4.31. The van der Waals surface area contributed by atoms with Crippen LogP contribution in [0.15, 0.2) is 23.3 Å². The van der Waals surface area contributed by atoms with E-state index in [1.54, 1.807) is 6.08 Å². The Kier molecular flexibility index (Phi) is 9.86. The number of halogens is 1. The highest BCUT2D eigenvalue weighted by Gasteiger charge is 2.01. The molecule has 0 atom stereocenters. The van der Waals surface area contributed by atoms with Crippen molar-refractivity contribution in [2.24, 2.45) is 0 Å². The number of hydrogen-bond acceptors (Lipinski definition) is 3. The molecule has 0 spiro atoms. The van der Waals surface area contributed by atoms with Gasteiger partial charge in [-0.1, -0.05) is 23.3 Å². The van der Waals surface area contributed by atoms with E-state index in [1.807, 2.05) is 20.8 Å². The standard InChI is InChI=1S/C10H18O4S.ClH/c1-9(2)5-4-6-10(3)7-8-14-15(11,12)13;/h5,7H,4,6,8H2,1-3H3,(H,11,12,13);1H/b10-7-;. The van der Waals surface area contributed by atoms with Gasteiger partial charge in [-0.15, -0.1) is 12.4 Å². The fraction of sp³-hybridized carbons (Fsp3) is 0.600. The maximum Gasteiger partial charge on any atom is 0.397 e. The Morgan fingerprint density at radius 2 is 1.81 bits per heavy atom. The summed E-state index contributed by atoms with van der Waals surface area (Å²) >= 11 is 0. The molecule has 0 aromatic carbocycles. The molecule has 96 valence electrons. The summed E-state index contributed by atoms with van der Waals surface area (Å²) in [5, 5.41) is 0. The van der Waals surface area contributed by atoms with E-state index < -0.39 is 10.4 Å². The Labute approximate surface area is 104 Å². The van der Waals surface area contributed by atoms with E-state index in [0.717, 1.165) is 18.4 Å². The van der Waals surface area contributed by atoms with E-state index in [9.17, 15) is 8.42 Å². The van der Waals surface area contributed by atoms with Crippen LogP contribution in [-0.4, -0.2) is 19.6 Å². The van der Waals surface area contributed by atoms with Gasteiger partial charge in [0.2, 0.25) is 0 Å². The van der Waals surface area contributed by atoms with Crippen molar-refractivity contribution >= 4 is 22.8 Å². The second kappa shape index (κ2) is 8.75. The van der Waals surface area contributed by atoms with Crippen molar-refractivity contribution in [2.45, 2.75) is 33.6 Å². The fourth-order valence-electron chi connectivity index (χ4n) is 0.953. The van der Waals surface area contributed by atoms with Crippen LogP contribution in [-0.2, 0) is 14.6 Å². The van der Waals surface area contributed by atoms with Gasteiger partial charge in [-0.3, -0.25) is 4.55 Å². The zero-order valence-corrected chi connectivity index (χ0v) is 11.4. The predicted molar refractivity (Wildman–Crippen MR) is 67.2 cm³/mol. The molecule has 0 amide bonds. The molecule has 0 unspecified atom stereocenters. The lowest BCUT2D eigenvalue weighted by atomic mass is 10.1. The van der Waals surface area contributed by atoms with Crippen LogP contribution in [0.3, 0.4) is 0 Å². The molecule has 4 nitrogen and oxygen atoms in total. The van der Waals surface area contributed by atoms with Crippen molar-refractivity contribution in [3.05, 3.63) is 23.3 Å². The second-order valence-corrected chi connectivity index (χ2v) is 4.67. The molecule has 1 N–H and O–H groups in total. The molecule has 0 saturated carbocycles. The van der Waals surface area contributed by atoms with Gasteiger partial charge in [-0.2, -0.15) is 8.42 Å². The van der Waals surface area contributed by atoms with Gasteiger partial charge in [-0.25, -0.2) is 4.18 Å². The lowest BCUT2D eigenvalue weighted by molar-refractivity contribution is 0.296. The van der Waals surface area contributed by atoms with Crippen LogP contribution in [0.4, 0.5) is 0 Å². The summed E-state index contributed by atoms with van der Waals surface area (Å²) in [6, 6.07) is 0. The molecule has 6 heteroatoms. The zero-order chi connectivity index (χ0) is 11.9. The molecular formula is C10H19ClO4S. The topological polar surface area (TPSA) is 63.6 Å². The third kappa shape index (κ3) is 13.6. The molecule has 0 radical (unpaired) electrons. The van der Waals surface area contributed by atoms with Crippen LogP contribution in [0, 0.1) is 0 Å². The van der Waals surface area contributed by atoms with Crippen LogP contribution >= 0.6 is 12.4 Å². The number of rotatable bonds is 6. The summed E-state index contributed by atoms with van der Waals surface area (Å²) < 4.78 is 32.9. The summed E-state index contributed by atoms with van der Waals surface area (Å²) in [5.41, 5.74) is 2.30. The lowest BCUT2D eigenvalue weighted by Gasteiger charge is -1.99. The first-order valence-electron chi connectivity index (χ1n) is 4.72. The van der Waals surface area contributed by atoms with E-state index in [1.165, 1.54) is 5.57 Å². The monoisotopic (exact) mass is 270 g/mol. The zero-order valence-electron chi connectivity index (χ0n) is 9.76. The smallest absolute Gasteiger partial charge is 0.264 e. The van der Waals surface area contributed by atoms with Gasteiger partial charge in [0.15, 0.2) is 0 Å². The average Bonchev–Trinajstić information content (AvgIpc) is 2.00. The third-order valence-electron chi connectivity index (χ3n) is 1.74. The van der Waals surface area contributed by atoms with Crippen molar-refractivity contribution in [3.63, 3.8) is 0 Å². The summed E-state index contributed by atoms with van der Waals surface area (Å²) in [4.78, 5) is 0. The number of hydrogen-bond donors (Lipinski definition) is 1. The van der Waals surface area contributed by atoms with Crippen molar-refractivity contribution in [1.82, 2.24) is 0 Å². The van der Waals surface area contributed by atoms with E-state index in [2.05, 4.69) is 10.3 Å². The molecule has 0 fully saturated rings. The van der Waals surface area contributed by atoms with Crippen LogP contribution in [0.25, 0.3) is 0 Å². The molecule has 0 bridgehead atoms. The van der Waals surface area contributed by atoms with Crippen LogP contribution in [0.5, 0.6) is 0 Å². The van der Waals surface area contributed by atoms with Crippen molar-refractivity contribution in [3.8, 4) is 0 Å². The quantitative estimate of drug-likeness (QED) is 0.595. The maximum atomic E-state index is 10.2. The average molecular weight is 271 g/mol. The molecule has 0 aliphatic carbocycles. The van der Waals surface area contributed by atoms with Gasteiger partial charge in [0.05, 0.1) is 6.61 Å². The SMILES string of the molecule is CC(C)=CCC/C(C)=C\COS(=O)(=O)O.Cl. The minimum Gasteiger partial charge on any atom is -0.264 e. The van der Waals surface area contributed by atoms with Crippen molar-refractivity contribution in [2.75, 3.05) is 6.61 Å². The Bertz CT molecular complexity index is 340. The predicted octanol–water partition coefficient (Wildman–Crippen LogP) is 2.92. The molecule has 0 aromatic rings. The van der Waals surface area contributed by atoms with Gasteiger partial charge >= 0.3 is 10.4 Å². The first kappa shape index (κ1) is 18.0. The van der Waals surface area contributed by atoms with Crippen molar-refractivity contribution < 1.29 is 17.2 Å². The third-order valence-corrected chi connectivity index (χ3v) is 2.17. The highest BCUT2D eigenvalue weighted by atomic mass is 35.5. The first-order valence-corrected chi connectivity index (χ1v) is 6.08.